The van der Waals surface area contributed by atoms with E-state index in [2.05, 4.69) is 10.0 Å². The van der Waals surface area contributed by atoms with Gasteiger partial charge in [-0.25, -0.2) is 9.40 Å². The molecule has 0 aliphatic carbocycles. The molecule has 0 aromatic heterocycles. The van der Waals surface area contributed by atoms with Crippen molar-refractivity contribution in [3.8, 4) is 5.75 Å². The summed E-state index contributed by atoms with van der Waals surface area (Å²) in [6.07, 6.45) is 1.08. The average molecular weight is 453 g/mol. The van der Waals surface area contributed by atoms with Gasteiger partial charge in [0, 0.05) is 52.0 Å². The van der Waals surface area contributed by atoms with E-state index in [0.29, 0.717) is 39.3 Å². The van der Waals surface area contributed by atoms with E-state index in [1.54, 1.807) is 11.0 Å². The van der Waals surface area contributed by atoms with Gasteiger partial charge >= 0.3 is 0 Å². The quantitative estimate of drug-likeness (QED) is 0.648. The number of halogens is 1. The molecule has 4 rings (SSSR count). The molecule has 1 saturated heterocycles. The lowest BCUT2D eigenvalue weighted by molar-refractivity contribution is -0.137. The van der Waals surface area contributed by atoms with E-state index >= 15 is 0 Å². The predicted molar refractivity (Wildman–Crippen MR) is 123 cm³/mol. The minimum absolute atomic E-state index is 0.00930. The van der Waals surface area contributed by atoms with Crippen LogP contribution in [0.3, 0.4) is 0 Å². The molecule has 0 saturated carbocycles. The lowest BCUT2D eigenvalue weighted by atomic mass is 10.1. The monoisotopic (exact) mass is 452 g/mol. The van der Waals surface area contributed by atoms with Gasteiger partial charge in [0.05, 0.1) is 19.4 Å². The third kappa shape index (κ3) is 5.76. The molecule has 2 amide bonds. The summed E-state index contributed by atoms with van der Waals surface area (Å²) in [5.74, 6) is -0.259. The number of carbonyl (C=O) groups is 2. The van der Waals surface area contributed by atoms with Gasteiger partial charge in [-0.1, -0.05) is 36.4 Å². The molecule has 2 aromatic rings. The molecule has 2 aromatic carbocycles. The van der Waals surface area contributed by atoms with Crippen LogP contribution in [0.4, 0.5) is 4.39 Å². The maximum Gasteiger partial charge on any atom is 0.243 e. The van der Waals surface area contributed by atoms with Gasteiger partial charge in [0.25, 0.3) is 0 Å². The fourth-order valence-corrected chi connectivity index (χ4v) is 4.19. The molecule has 8 heteroatoms. The Morgan fingerprint density at radius 1 is 0.970 bits per heavy atom. The van der Waals surface area contributed by atoms with E-state index in [-0.39, 0.29) is 36.2 Å². The molecular weight excluding hydrogens is 423 g/mol. The lowest BCUT2D eigenvalue weighted by Crippen LogP contribution is -2.48. The zero-order valence-electron chi connectivity index (χ0n) is 18.9. The molecule has 0 unspecified atom stereocenters. The number of amides is 2. The smallest absolute Gasteiger partial charge is 0.243 e. The number of rotatable bonds is 7. The third-order valence-electron chi connectivity index (χ3n) is 6.10. The molecule has 0 N–H and O–H groups in total. The molecule has 2 heterocycles. The largest absolute Gasteiger partial charge is 0.494 e. The molecule has 0 spiro atoms. The summed E-state index contributed by atoms with van der Waals surface area (Å²) in [6, 6.07) is 14.8. The molecule has 7 nitrogen and oxygen atoms in total. The zero-order chi connectivity index (χ0) is 23.2. The molecule has 2 aliphatic heterocycles. The fourth-order valence-electron chi connectivity index (χ4n) is 4.19. The second-order valence-corrected chi connectivity index (χ2v) is 8.31. The first-order valence-electron chi connectivity index (χ1n) is 11.3. The number of hydrogen-bond donors (Lipinski definition) is 0. The summed E-state index contributed by atoms with van der Waals surface area (Å²) in [6.45, 7) is 3.81. The number of ether oxygens (including phenoxy) is 1. The Morgan fingerprint density at radius 3 is 2.39 bits per heavy atom. The Balaban J connectivity index is 1.21. The molecule has 0 bridgehead atoms. The Kier molecular flexibility index (Phi) is 7.34. The second-order valence-electron chi connectivity index (χ2n) is 8.31. The number of benzene rings is 2. The van der Waals surface area contributed by atoms with Crippen molar-refractivity contribution in [1.29, 1.82) is 0 Å². The molecular formula is C25H29FN4O3. The van der Waals surface area contributed by atoms with E-state index in [0.717, 1.165) is 23.3 Å². The fraction of sp³-hybridized carbons (Fsp3) is 0.400. The Bertz CT molecular complexity index is 1020. The van der Waals surface area contributed by atoms with Crippen molar-refractivity contribution >= 4 is 17.5 Å². The van der Waals surface area contributed by atoms with E-state index in [9.17, 15) is 14.0 Å². The highest BCUT2D eigenvalue weighted by atomic mass is 19.1. The summed E-state index contributed by atoms with van der Waals surface area (Å²) < 4.78 is 18.9. The number of methoxy groups -OCH3 is 1. The van der Waals surface area contributed by atoms with Crippen molar-refractivity contribution in [2.24, 2.45) is 5.10 Å². The van der Waals surface area contributed by atoms with Crippen LogP contribution in [-0.4, -0.2) is 72.2 Å². The van der Waals surface area contributed by atoms with E-state index < -0.39 is 0 Å². The summed E-state index contributed by atoms with van der Waals surface area (Å²) in [5.41, 5.74) is 2.81. The highest BCUT2D eigenvalue weighted by Crippen LogP contribution is 2.20. The number of nitrogens with zero attached hydrogens (tertiary/aromatic N) is 4. The van der Waals surface area contributed by atoms with Crippen LogP contribution in [0.15, 0.2) is 53.6 Å². The normalized spacial score (nSPS) is 16.6. The van der Waals surface area contributed by atoms with Gasteiger partial charge < -0.3 is 9.64 Å². The average Bonchev–Trinajstić information content (AvgIpc) is 3.34. The summed E-state index contributed by atoms with van der Waals surface area (Å²) in [5, 5.41) is 5.94. The van der Waals surface area contributed by atoms with Crippen molar-refractivity contribution in [2.45, 2.75) is 25.8 Å². The van der Waals surface area contributed by atoms with Crippen LogP contribution in [0.25, 0.3) is 0 Å². The SMILES string of the molecule is COc1ccc(CN2CCN(C(=O)CCC(=O)N3CCC(c4ccccc4)=N3)CC2)cc1F. The standard InChI is InChI=1S/C25H29FN4O3/c1-33-23-8-7-19(17-21(23)26)18-28-13-15-29(16-14-28)24(31)9-10-25(32)30-12-11-22(27-30)20-5-3-2-4-6-20/h2-8,17H,9-16,18H2,1H3. The Labute approximate surface area is 193 Å². The van der Waals surface area contributed by atoms with E-state index in [4.69, 9.17) is 4.74 Å². The summed E-state index contributed by atoms with van der Waals surface area (Å²) >= 11 is 0. The third-order valence-corrected chi connectivity index (χ3v) is 6.10. The number of hydrazone groups is 1. The Morgan fingerprint density at radius 2 is 1.70 bits per heavy atom. The molecule has 174 valence electrons. The highest BCUT2D eigenvalue weighted by molar-refractivity contribution is 6.02. The summed E-state index contributed by atoms with van der Waals surface area (Å²) in [7, 11) is 1.45. The van der Waals surface area contributed by atoms with Crippen molar-refractivity contribution < 1.29 is 18.7 Å². The molecule has 0 atom stereocenters. The first-order chi connectivity index (χ1) is 16.0. The van der Waals surface area contributed by atoms with Crippen LogP contribution in [0, 0.1) is 5.82 Å². The van der Waals surface area contributed by atoms with Gasteiger partial charge in [-0.3, -0.25) is 14.5 Å². The number of hydrogen-bond acceptors (Lipinski definition) is 5. The van der Waals surface area contributed by atoms with Gasteiger partial charge in [0.1, 0.15) is 0 Å². The zero-order valence-corrected chi connectivity index (χ0v) is 18.9. The van der Waals surface area contributed by atoms with Crippen molar-refractivity contribution in [3.63, 3.8) is 0 Å². The van der Waals surface area contributed by atoms with Gasteiger partial charge in [-0.05, 0) is 23.3 Å². The highest BCUT2D eigenvalue weighted by Gasteiger charge is 2.25. The first kappa shape index (κ1) is 22.9. The summed E-state index contributed by atoms with van der Waals surface area (Å²) in [4.78, 5) is 29.2. The van der Waals surface area contributed by atoms with Gasteiger partial charge in [-0.15, -0.1) is 0 Å². The van der Waals surface area contributed by atoms with Crippen LogP contribution in [0.5, 0.6) is 5.75 Å². The maximum atomic E-state index is 13.9. The van der Waals surface area contributed by atoms with Crippen LogP contribution >= 0.6 is 0 Å². The maximum absolute atomic E-state index is 13.9. The van der Waals surface area contributed by atoms with Crippen molar-refractivity contribution in [1.82, 2.24) is 14.8 Å². The topological polar surface area (TPSA) is 65.5 Å². The molecule has 1 fully saturated rings. The molecule has 33 heavy (non-hydrogen) atoms. The van der Waals surface area contributed by atoms with Gasteiger partial charge in [0.15, 0.2) is 11.6 Å². The van der Waals surface area contributed by atoms with Gasteiger partial charge in [-0.2, -0.15) is 5.10 Å². The second kappa shape index (κ2) is 10.6. The van der Waals surface area contributed by atoms with E-state index in [1.807, 2.05) is 36.4 Å². The van der Waals surface area contributed by atoms with Crippen molar-refractivity contribution in [2.75, 3.05) is 39.8 Å². The minimum atomic E-state index is -0.369. The van der Waals surface area contributed by atoms with Crippen LogP contribution in [0.2, 0.25) is 0 Å². The van der Waals surface area contributed by atoms with Gasteiger partial charge in [0.2, 0.25) is 11.8 Å². The predicted octanol–water partition coefficient (Wildman–Crippen LogP) is 2.90. The molecule has 0 radical (unpaired) electrons. The molecule has 2 aliphatic rings. The first-order valence-corrected chi connectivity index (χ1v) is 11.3. The number of piperazine rings is 1. The number of carbonyl (C=O) groups excluding carboxylic acids is 2. The minimum Gasteiger partial charge on any atom is -0.494 e. The lowest BCUT2D eigenvalue weighted by Gasteiger charge is -2.34. The van der Waals surface area contributed by atoms with Crippen molar-refractivity contribution in [3.05, 3.63) is 65.5 Å². The Hall–Kier alpha value is -3.26. The van der Waals surface area contributed by atoms with Crippen LogP contribution in [0.1, 0.15) is 30.4 Å². The van der Waals surface area contributed by atoms with E-state index in [1.165, 1.54) is 18.2 Å². The van der Waals surface area contributed by atoms with Crippen LogP contribution < -0.4 is 4.74 Å². The van der Waals surface area contributed by atoms with Crippen LogP contribution in [-0.2, 0) is 16.1 Å².